The second-order valence-corrected chi connectivity index (χ2v) is 2.59. The van der Waals surface area contributed by atoms with Crippen LogP contribution in [0, 0.1) is 0 Å². The van der Waals surface area contributed by atoms with Crippen molar-refractivity contribution < 1.29 is 0 Å². The molecule has 0 bridgehead atoms. The first kappa shape index (κ1) is 8.88. The summed E-state index contributed by atoms with van der Waals surface area (Å²) in [5.41, 5.74) is 10.9. The molecule has 0 fully saturated rings. The first-order valence-electron chi connectivity index (χ1n) is 3.27. The molecule has 0 aliphatic rings. The molecule has 0 unspecified atom stereocenters. The zero-order valence-corrected chi connectivity index (χ0v) is 6.30. The van der Waals surface area contributed by atoms with Crippen molar-refractivity contribution in [2.24, 2.45) is 11.5 Å². The minimum absolute atomic E-state index is 0.174. The Morgan fingerprint density at radius 2 is 2.00 bits per heavy atom. The monoisotopic (exact) mass is 131 g/mol. The van der Waals surface area contributed by atoms with E-state index in [1.165, 1.54) is 0 Å². The van der Waals surface area contributed by atoms with Crippen LogP contribution in [-0.2, 0) is 0 Å². The second-order valence-electron chi connectivity index (χ2n) is 2.59. The lowest BCUT2D eigenvalue weighted by Crippen LogP contribution is -2.32. The van der Waals surface area contributed by atoms with E-state index < -0.39 is 0 Å². The van der Waals surface area contributed by atoms with Gasteiger partial charge in [-0.15, -0.1) is 0 Å². The Bertz CT molecular complexity index is 63.3. The van der Waals surface area contributed by atoms with Gasteiger partial charge in [0.15, 0.2) is 0 Å². The highest BCUT2D eigenvalue weighted by Gasteiger charge is 1.98. The Morgan fingerprint density at radius 1 is 1.44 bits per heavy atom. The van der Waals surface area contributed by atoms with Crippen molar-refractivity contribution in [3.05, 3.63) is 0 Å². The van der Waals surface area contributed by atoms with E-state index in [2.05, 4.69) is 4.90 Å². The van der Waals surface area contributed by atoms with Crippen LogP contribution in [0.1, 0.15) is 6.42 Å². The summed E-state index contributed by atoms with van der Waals surface area (Å²) in [7, 11) is 4.06. The van der Waals surface area contributed by atoms with Crippen LogP contribution in [0.2, 0.25) is 0 Å². The Hall–Kier alpha value is -0.120. The average molecular weight is 131 g/mol. The van der Waals surface area contributed by atoms with Crippen LogP contribution in [0.3, 0.4) is 0 Å². The van der Waals surface area contributed by atoms with Crippen molar-refractivity contribution in [1.82, 2.24) is 4.90 Å². The summed E-state index contributed by atoms with van der Waals surface area (Å²) in [4.78, 5) is 2.11. The summed E-state index contributed by atoms with van der Waals surface area (Å²) in [5.74, 6) is 0. The lowest BCUT2D eigenvalue weighted by atomic mass is 10.2. The molecule has 0 amide bonds. The SMILES string of the molecule is CN(C)CC[C@H](N)CN. The molecule has 9 heavy (non-hydrogen) atoms. The van der Waals surface area contributed by atoms with Gasteiger partial charge in [-0.2, -0.15) is 0 Å². The molecular weight excluding hydrogens is 114 g/mol. The van der Waals surface area contributed by atoms with Gasteiger partial charge in [0.2, 0.25) is 0 Å². The van der Waals surface area contributed by atoms with Crippen LogP contribution in [0.25, 0.3) is 0 Å². The van der Waals surface area contributed by atoms with Gasteiger partial charge < -0.3 is 16.4 Å². The van der Waals surface area contributed by atoms with Crippen LogP contribution in [0.4, 0.5) is 0 Å². The maximum Gasteiger partial charge on any atom is 0.0175 e. The molecule has 0 aromatic rings. The van der Waals surface area contributed by atoms with E-state index in [1.807, 2.05) is 14.1 Å². The normalized spacial score (nSPS) is 14.3. The van der Waals surface area contributed by atoms with Gasteiger partial charge in [0.1, 0.15) is 0 Å². The van der Waals surface area contributed by atoms with Gasteiger partial charge in [-0.05, 0) is 27.1 Å². The topological polar surface area (TPSA) is 55.3 Å². The van der Waals surface area contributed by atoms with Crippen LogP contribution in [-0.4, -0.2) is 38.1 Å². The molecule has 3 heteroatoms. The Balaban J connectivity index is 3.06. The fourth-order valence-electron chi connectivity index (χ4n) is 0.542. The van der Waals surface area contributed by atoms with E-state index in [9.17, 15) is 0 Å². The van der Waals surface area contributed by atoms with Crippen LogP contribution in [0.15, 0.2) is 0 Å². The predicted molar refractivity (Wildman–Crippen MR) is 40.2 cm³/mol. The predicted octanol–water partition coefficient (Wildman–Crippen LogP) is -0.776. The average Bonchev–Trinajstić information content (AvgIpc) is 1.83. The molecule has 0 saturated carbocycles. The lowest BCUT2D eigenvalue weighted by Gasteiger charge is -2.12. The standard InChI is InChI=1S/C6H17N3/c1-9(2)4-3-6(8)5-7/h6H,3-5,7-8H2,1-2H3/t6-/m0/s1. The van der Waals surface area contributed by atoms with E-state index in [1.54, 1.807) is 0 Å². The molecule has 0 aliphatic carbocycles. The number of hydrogen-bond acceptors (Lipinski definition) is 3. The molecule has 0 aromatic carbocycles. The highest BCUT2D eigenvalue weighted by Crippen LogP contribution is 1.86. The van der Waals surface area contributed by atoms with Crippen molar-refractivity contribution >= 4 is 0 Å². The lowest BCUT2D eigenvalue weighted by molar-refractivity contribution is 0.382. The number of rotatable bonds is 4. The summed E-state index contributed by atoms with van der Waals surface area (Å²) in [6, 6.07) is 0.174. The second kappa shape index (κ2) is 4.73. The Kier molecular flexibility index (Phi) is 4.67. The molecule has 56 valence electrons. The summed E-state index contributed by atoms with van der Waals surface area (Å²) in [6.45, 7) is 1.62. The van der Waals surface area contributed by atoms with Gasteiger partial charge in [0.05, 0.1) is 0 Å². The third-order valence-corrected chi connectivity index (χ3v) is 1.25. The number of nitrogens with two attached hydrogens (primary N) is 2. The first-order valence-corrected chi connectivity index (χ1v) is 3.27. The fourth-order valence-corrected chi connectivity index (χ4v) is 0.542. The minimum atomic E-state index is 0.174. The number of hydrogen-bond donors (Lipinski definition) is 2. The largest absolute Gasteiger partial charge is 0.329 e. The highest BCUT2D eigenvalue weighted by molar-refractivity contribution is 4.62. The molecule has 0 aliphatic heterocycles. The summed E-state index contributed by atoms with van der Waals surface area (Å²) < 4.78 is 0. The molecule has 3 nitrogen and oxygen atoms in total. The van der Waals surface area contributed by atoms with E-state index >= 15 is 0 Å². The van der Waals surface area contributed by atoms with Crippen molar-refractivity contribution in [1.29, 1.82) is 0 Å². The molecule has 4 N–H and O–H groups in total. The van der Waals surface area contributed by atoms with Crippen molar-refractivity contribution in [2.75, 3.05) is 27.2 Å². The summed E-state index contributed by atoms with van der Waals surface area (Å²) in [5, 5.41) is 0. The minimum Gasteiger partial charge on any atom is -0.329 e. The maximum atomic E-state index is 5.57. The van der Waals surface area contributed by atoms with E-state index in [0.717, 1.165) is 13.0 Å². The van der Waals surface area contributed by atoms with Gasteiger partial charge in [0.25, 0.3) is 0 Å². The molecule has 0 spiro atoms. The molecule has 0 saturated heterocycles. The quantitative estimate of drug-likeness (QED) is 0.526. The molecular formula is C6H17N3. The van der Waals surface area contributed by atoms with E-state index in [0.29, 0.717) is 6.54 Å². The van der Waals surface area contributed by atoms with Gasteiger partial charge in [0, 0.05) is 12.6 Å². The van der Waals surface area contributed by atoms with Crippen LogP contribution < -0.4 is 11.5 Å². The summed E-state index contributed by atoms with van der Waals surface area (Å²) >= 11 is 0. The van der Waals surface area contributed by atoms with Gasteiger partial charge in [-0.1, -0.05) is 0 Å². The van der Waals surface area contributed by atoms with Crippen molar-refractivity contribution in [3.63, 3.8) is 0 Å². The van der Waals surface area contributed by atoms with Gasteiger partial charge in [-0.3, -0.25) is 0 Å². The number of nitrogens with zero attached hydrogens (tertiary/aromatic N) is 1. The third-order valence-electron chi connectivity index (χ3n) is 1.25. The molecule has 1 atom stereocenters. The van der Waals surface area contributed by atoms with E-state index in [-0.39, 0.29) is 6.04 Å². The van der Waals surface area contributed by atoms with E-state index in [4.69, 9.17) is 11.5 Å². The molecule has 0 heterocycles. The Morgan fingerprint density at radius 3 is 2.33 bits per heavy atom. The Labute approximate surface area is 57.0 Å². The molecule has 0 radical (unpaired) electrons. The van der Waals surface area contributed by atoms with Gasteiger partial charge >= 0.3 is 0 Å². The molecule has 0 rings (SSSR count). The smallest absolute Gasteiger partial charge is 0.0175 e. The fraction of sp³-hybridized carbons (Fsp3) is 1.00. The van der Waals surface area contributed by atoms with Crippen LogP contribution >= 0.6 is 0 Å². The van der Waals surface area contributed by atoms with Crippen molar-refractivity contribution in [3.8, 4) is 0 Å². The zero-order chi connectivity index (χ0) is 7.28. The highest BCUT2D eigenvalue weighted by atomic mass is 15.0. The van der Waals surface area contributed by atoms with Crippen molar-refractivity contribution in [2.45, 2.75) is 12.5 Å². The van der Waals surface area contributed by atoms with Crippen LogP contribution in [0.5, 0.6) is 0 Å². The third kappa shape index (κ3) is 5.76. The maximum absolute atomic E-state index is 5.57. The zero-order valence-electron chi connectivity index (χ0n) is 6.30. The first-order chi connectivity index (χ1) is 4.16. The van der Waals surface area contributed by atoms with Gasteiger partial charge in [-0.25, -0.2) is 0 Å². The molecule has 0 aromatic heterocycles. The summed E-state index contributed by atoms with van der Waals surface area (Å²) in [6.07, 6.45) is 0.990.